The van der Waals surface area contributed by atoms with E-state index < -0.39 is 44.2 Å². The van der Waals surface area contributed by atoms with Gasteiger partial charge in [-0.05, 0) is 12.8 Å². The molecule has 1 aromatic rings. The van der Waals surface area contributed by atoms with E-state index >= 15 is 0 Å². The molecule has 0 radical (unpaired) electrons. The van der Waals surface area contributed by atoms with Crippen molar-refractivity contribution in [3.63, 3.8) is 0 Å². The van der Waals surface area contributed by atoms with Gasteiger partial charge in [0.05, 0.1) is 6.10 Å². The summed E-state index contributed by atoms with van der Waals surface area (Å²) in [5.74, 6) is -7.46. The molecule has 1 saturated heterocycles. The fraction of sp³-hybridized carbons (Fsp3) is 0.538. The molecule has 1 aromatic carbocycles. The third kappa shape index (κ3) is 3.67. The van der Waals surface area contributed by atoms with Crippen LogP contribution < -0.4 is 5.73 Å². The van der Waals surface area contributed by atoms with Gasteiger partial charge in [-0.2, -0.15) is 4.31 Å². The van der Waals surface area contributed by atoms with Crippen molar-refractivity contribution in [1.82, 2.24) is 4.31 Å². The van der Waals surface area contributed by atoms with Crippen molar-refractivity contribution in [2.75, 3.05) is 20.2 Å². The smallest absolute Gasteiger partial charge is 0.249 e. The Bertz CT molecular complexity index is 679. The molecule has 1 heterocycles. The van der Waals surface area contributed by atoms with Crippen LogP contribution in [0.25, 0.3) is 0 Å². The number of nitrogens with zero attached hydrogens (tertiary/aromatic N) is 1. The normalized spacial score (nSPS) is 22.2. The molecule has 0 saturated carbocycles. The molecule has 2 rings (SSSR count). The summed E-state index contributed by atoms with van der Waals surface area (Å²) in [6.07, 6.45) is 0.231. The molecule has 0 aromatic heterocycles. The summed E-state index contributed by atoms with van der Waals surface area (Å²) in [4.78, 5) is -1.63. The Morgan fingerprint density at radius 2 is 1.79 bits per heavy atom. The van der Waals surface area contributed by atoms with Gasteiger partial charge in [0.2, 0.25) is 10.0 Å². The lowest BCUT2D eigenvalue weighted by atomic mass is 10.0. The maximum atomic E-state index is 13.8. The highest BCUT2D eigenvalue weighted by atomic mass is 35.5. The molecule has 138 valence electrons. The third-order valence-corrected chi connectivity index (χ3v) is 5.83. The predicted octanol–water partition coefficient (Wildman–Crippen LogP) is 1.79. The van der Waals surface area contributed by atoms with Gasteiger partial charge >= 0.3 is 0 Å². The highest BCUT2D eigenvalue weighted by Crippen LogP contribution is 2.31. The van der Waals surface area contributed by atoms with Gasteiger partial charge in [-0.3, -0.25) is 0 Å². The molecule has 2 unspecified atom stereocenters. The molecular weight excluding hydrogens is 376 g/mol. The van der Waals surface area contributed by atoms with E-state index in [-0.39, 0.29) is 50.5 Å². The second kappa shape index (κ2) is 7.96. The number of piperidine rings is 1. The van der Waals surface area contributed by atoms with Crippen LogP contribution in [0.3, 0.4) is 0 Å². The molecule has 2 atom stereocenters. The monoisotopic (exact) mass is 392 g/mol. The van der Waals surface area contributed by atoms with Gasteiger partial charge in [-0.15, -0.1) is 12.4 Å². The minimum Gasteiger partial charge on any atom is -0.381 e. The Morgan fingerprint density at radius 1 is 1.25 bits per heavy atom. The Hall–Kier alpha value is -0.940. The predicted molar refractivity (Wildman–Crippen MR) is 80.3 cm³/mol. The van der Waals surface area contributed by atoms with E-state index in [9.17, 15) is 26.0 Å². The number of methoxy groups -OCH3 is 1. The van der Waals surface area contributed by atoms with Crippen molar-refractivity contribution in [3.05, 3.63) is 29.3 Å². The van der Waals surface area contributed by atoms with Crippen LogP contribution >= 0.6 is 12.4 Å². The van der Waals surface area contributed by atoms with Crippen LogP contribution in [0.15, 0.2) is 11.0 Å². The van der Waals surface area contributed by atoms with Crippen LogP contribution in [0.2, 0.25) is 0 Å². The minimum atomic E-state index is -4.79. The first-order valence-electron chi connectivity index (χ1n) is 6.81. The van der Waals surface area contributed by atoms with Gasteiger partial charge < -0.3 is 10.5 Å². The number of nitrogens with two attached hydrogens (primary N) is 1. The summed E-state index contributed by atoms with van der Waals surface area (Å²) in [5, 5.41) is 0. The van der Waals surface area contributed by atoms with Crippen LogP contribution in [-0.4, -0.2) is 45.1 Å². The van der Waals surface area contributed by atoms with E-state index in [0.717, 1.165) is 4.31 Å². The van der Waals surface area contributed by atoms with Crippen molar-refractivity contribution in [2.24, 2.45) is 5.73 Å². The van der Waals surface area contributed by atoms with Crippen molar-refractivity contribution < 1.29 is 30.7 Å². The summed E-state index contributed by atoms with van der Waals surface area (Å²) in [6, 6.07) is -0.829. The largest absolute Gasteiger partial charge is 0.381 e. The number of sulfonamides is 1. The SMILES string of the molecule is COC1CCN(S(=O)(=O)c2c(F)c(F)cc(F)c2F)C(CN)C1.Cl. The van der Waals surface area contributed by atoms with Gasteiger partial charge in [0.1, 0.15) is 0 Å². The van der Waals surface area contributed by atoms with Crippen LogP contribution in [0.1, 0.15) is 12.8 Å². The number of rotatable bonds is 4. The second-order valence-corrected chi connectivity index (χ2v) is 7.01. The lowest BCUT2D eigenvalue weighted by Gasteiger charge is -2.37. The van der Waals surface area contributed by atoms with E-state index in [1.807, 2.05) is 0 Å². The highest BCUT2D eigenvalue weighted by molar-refractivity contribution is 7.89. The molecule has 2 N–H and O–H groups in total. The first-order chi connectivity index (χ1) is 10.7. The zero-order valence-corrected chi connectivity index (χ0v) is 14.3. The zero-order chi connectivity index (χ0) is 17.4. The summed E-state index contributed by atoms with van der Waals surface area (Å²) >= 11 is 0. The standard InChI is InChI=1S/C13H16F4N2O3S.ClH/c1-22-8-2-3-19(7(4-8)6-18)23(20,21)13-11(16)9(14)5-10(15)12(13)17;/h5,7-8H,2-4,6,18H2,1H3;1H. The van der Waals surface area contributed by atoms with Crippen LogP contribution in [0.4, 0.5) is 17.6 Å². The number of hydrogen-bond acceptors (Lipinski definition) is 4. The van der Waals surface area contributed by atoms with Crippen molar-refractivity contribution >= 4 is 22.4 Å². The fourth-order valence-electron chi connectivity index (χ4n) is 2.63. The number of hydrogen-bond donors (Lipinski definition) is 1. The molecule has 1 aliphatic heterocycles. The number of ether oxygens (including phenoxy) is 1. The Morgan fingerprint density at radius 3 is 2.25 bits per heavy atom. The summed E-state index contributed by atoms with van der Waals surface area (Å²) < 4.78 is 85.2. The molecule has 24 heavy (non-hydrogen) atoms. The number of benzene rings is 1. The molecule has 1 fully saturated rings. The zero-order valence-electron chi connectivity index (χ0n) is 12.6. The van der Waals surface area contributed by atoms with Crippen molar-refractivity contribution in [1.29, 1.82) is 0 Å². The molecule has 5 nitrogen and oxygen atoms in total. The Balaban J connectivity index is 0.00000288. The Labute approximate surface area is 143 Å². The van der Waals surface area contributed by atoms with Gasteiger partial charge in [-0.1, -0.05) is 0 Å². The van der Waals surface area contributed by atoms with Gasteiger partial charge in [0, 0.05) is 32.3 Å². The molecular formula is C13H17ClF4N2O3S. The molecule has 0 aliphatic carbocycles. The van der Waals surface area contributed by atoms with Crippen molar-refractivity contribution in [3.8, 4) is 0 Å². The van der Waals surface area contributed by atoms with E-state index in [4.69, 9.17) is 10.5 Å². The molecule has 0 amide bonds. The highest BCUT2D eigenvalue weighted by Gasteiger charge is 2.40. The second-order valence-electron chi connectivity index (χ2n) is 5.18. The summed E-state index contributed by atoms with van der Waals surface area (Å²) in [7, 11) is -3.35. The number of halogens is 5. The third-order valence-electron chi connectivity index (χ3n) is 3.86. The van der Waals surface area contributed by atoms with E-state index in [1.54, 1.807) is 0 Å². The molecule has 1 aliphatic rings. The van der Waals surface area contributed by atoms with Crippen LogP contribution in [0, 0.1) is 23.3 Å². The average Bonchev–Trinajstić information content (AvgIpc) is 2.52. The maximum Gasteiger partial charge on any atom is 0.249 e. The topological polar surface area (TPSA) is 72.6 Å². The first-order valence-corrected chi connectivity index (χ1v) is 8.25. The lowest BCUT2D eigenvalue weighted by molar-refractivity contribution is 0.0400. The van der Waals surface area contributed by atoms with Crippen LogP contribution in [0.5, 0.6) is 0 Å². The van der Waals surface area contributed by atoms with Crippen LogP contribution in [-0.2, 0) is 14.8 Å². The maximum absolute atomic E-state index is 13.8. The van der Waals surface area contributed by atoms with Gasteiger partial charge in [0.25, 0.3) is 0 Å². The van der Waals surface area contributed by atoms with E-state index in [0.29, 0.717) is 0 Å². The lowest BCUT2D eigenvalue weighted by Crippen LogP contribution is -2.51. The van der Waals surface area contributed by atoms with Gasteiger partial charge in [-0.25, -0.2) is 26.0 Å². The minimum absolute atomic E-state index is 0. The average molecular weight is 393 g/mol. The van der Waals surface area contributed by atoms with Crippen molar-refractivity contribution in [2.45, 2.75) is 29.9 Å². The summed E-state index contributed by atoms with van der Waals surface area (Å²) in [5.41, 5.74) is 5.52. The van der Waals surface area contributed by atoms with Gasteiger partial charge in [0.15, 0.2) is 28.2 Å². The first kappa shape index (κ1) is 21.1. The van der Waals surface area contributed by atoms with E-state index in [2.05, 4.69) is 0 Å². The van der Waals surface area contributed by atoms with E-state index in [1.165, 1.54) is 7.11 Å². The molecule has 0 bridgehead atoms. The summed E-state index contributed by atoms with van der Waals surface area (Å²) in [6.45, 7) is -0.250. The quantitative estimate of drug-likeness (QED) is 0.626. The fourth-order valence-corrected chi connectivity index (χ4v) is 4.42. The molecule has 0 spiro atoms. The Kier molecular flexibility index (Phi) is 7.00. The molecule has 11 heteroatoms.